The molecule has 0 saturated carbocycles. The third-order valence-electron chi connectivity index (χ3n) is 4.54. The van der Waals surface area contributed by atoms with Crippen LogP contribution in [-0.4, -0.2) is 23.0 Å². The summed E-state index contributed by atoms with van der Waals surface area (Å²) in [6.07, 6.45) is -9.83. The molecule has 0 radical (unpaired) electrons. The molecule has 32 heavy (non-hydrogen) atoms. The van der Waals surface area contributed by atoms with Crippen LogP contribution in [0.4, 0.5) is 26.3 Å². The van der Waals surface area contributed by atoms with Crippen molar-refractivity contribution in [2.24, 2.45) is 0 Å². The summed E-state index contributed by atoms with van der Waals surface area (Å²) in [5.41, 5.74) is -4.11. The maximum Gasteiger partial charge on any atom is 0.417 e. The Labute approximate surface area is 185 Å². The molecule has 3 rings (SSSR count). The number of hydrogen-bond donors (Lipinski definition) is 1. The Kier molecular flexibility index (Phi) is 6.19. The van der Waals surface area contributed by atoms with E-state index in [1.807, 2.05) is 0 Å². The Morgan fingerprint density at radius 1 is 0.844 bits per heavy atom. The highest BCUT2D eigenvalue weighted by molar-refractivity contribution is 9.10. The number of ketones is 1. The summed E-state index contributed by atoms with van der Waals surface area (Å²) >= 11 is 2.77. The average Bonchev–Trinajstić information content (AvgIpc) is 2.68. The maximum atomic E-state index is 13.7. The lowest BCUT2D eigenvalue weighted by Crippen LogP contribution is -2.14. The third-order valence-corrected chi connectivity index (χ3v) is 4.99. The summed E-state index contributed by atoms with van der Waals surface area (Å²) in [7, 11) is 0. The molecule has 10 heteroatoms. The van der Waals surface area contributed by atoms with Crippen LogP contribution >= 0.6 is 15.9 Å². The van der Waals surface area contributed by atoms with Crippen molar-refractivity contribution in [2.45, 2.75) is 12.4 Å². The van der Waals surface area contributed by atoms with Crippen LogP contribution in [0.15, 0.2) is 65.1 Å². The van der Waals surface area contributed by atoms with Gasteiger partial charge in [-0.15, -0.1) is 0 Å². The largest absolute Gasteiger partial charge is 0.478 e. The van der Waals surface area contributed by atoms with E-state index in [-0.39, 0.29) is 32.4 Å². The summed E-state index contributed by atoms with van der Waals surface area (Å²) < 4.78 is 80.2. The van der Waals surface area contributed by atoms with Crippen LogP contribution in [0.1, 0.15) is 31.8 Å². The van der Waals surface area contributed by atoms with Gasteiger partial charge in [0.15, 0.2) is 5.78 Å². The van der Waals surface area contributed by atoms with Gasteiger partial charge in [-0.3, -0.25) is 4.79 Å². The summed E-state index contributed by atoms with van der Waals surface area (Å²) in [6, 6.07) is 9.66. The molecule has 3 nitrogen and oxygen atoms in total. The van der Waals surface area contributed by atoms with Gasteiger partial charge in [-0.05, 0) is 52.7 Å². The third kappa shape index (κ3) is 4.85. The van der Waals surface area contributed by atoms with E-state index < -0.39 is 40.8 Å². The number of alkyl halides is 6. The first-order valence-electron chi connectivity index (χ1n) is 8.75. The van der Waals surface area contributed by atoms with Crippen molar-refractivity contribution in [1.29, 1.82) is 0 Å². The SMILES string of the molecule is O=C(O)c1ccc(C(=O)/C=C(\c2cc(Br)cc(C(F)(F)F)c2)C(F)(F)F)c2ccccc12. The monoisotopic (exact) mass is 516 g/mol. The minimum absolute atomic E-state index is 0.0976. The molecule has 0 heterocycles. The molecule has 0 aliphatic carbocycles. The smallest absolute Gasteiger partial charge is 0.417 e. The molecular weight excluding hydrogens is 506 g/mol. The molecule has 3 aromatic carbocycles. The van der Waals surface area contributed by atoms with Crippen molar-refractivity contribution in [3.8, 4) is 0 Å². The Morgan fingerprint density at radius 3 is 1.94 bits per heavy atom. The van der Waals surface area contributed by atoms with Crippen molar-refractivity contribution < 1.29 is 41.0 Å². The minimum atomic E-state index is -5.14. The zero-order valence-electron chi connectivity index (χ0n) is 15.7. The molecule has 0 saturated heterocycles. The van der Waals surface area contributed by atoms with E-state index in [0.29, 0.717) is 12.1 Å². The highest BCUT2D eigenvalue weighted by Gasteiger charge is 2.38. The van der Waals surface area contributed by atoms with Crippen LogP contribution < -0.4 is 0 Å². The summed E-state index contributed by atoms with van der Waals surface area (Å²) in [4.78, 5) is 24.2. The zero-order valence-corrected chi connectivity index (χ0v) is 17.3. The van der Waals surface area contributed by atoms with Gasteiger partial charge in [0.1, 0.15) is 0 Å². The van der Waals surface area contributed by atoms with Crippen molar-refractivity contribution in [2.75, 3.05) is 0 Å². The average molecular weight is 517 g/mol. The van der Waals surface area contributed by atoms with Gasteiger partial charge in [-0.1, -0.05) is 40.2 Å². The second-order valence-electron chi connectivity index (χ2n) is 6.66. The molecule has 1 N–H and O–H groups in total. The highest BCUT2D eigenvalue weighted by atomic mass is 79.9. The van der Waals surface area contributed by atoms with Gasteiger partial charge in [0.25, 0.3) is 0 Å². The molecular formula is C22H11BrF6O3. The number of hydrogen-bond acceptors (Lipinski definition) is 2. The fourth-order valence-electron chi connectivity index (χ4n) is 3.15. The van der Waals surface area contributed by atoms with E-state index in [4.69, 9.17) is 0 Å². The lowest BCUT2D eigenvalue weighted by Gasteiger charge is -2.15. The molecule has 0 atom stereocenters. The van der Waals surface area contributed by atoms with E-state index >= 15 is 0 Å². The van der Waals surface area contributed by atoms with E-state index in [1.54, 1.807) is 0 Å². The van der Waals surface area contributed by atoms with E-state index in [9.17, 15) is 41.0 Å². The number of carboxylic acids is 1. The van der Waals surface area contributed by atoms with E-state index in [0.717, 1.165) is 18.2 Å². The molecule has 0 aliphatic rings. The van der Waals surface area contributed by atoms with Crippen molar-refractivity contribution in [3.63, 3.8) is 0 Å². The van der Waals surface area contributed by atoms with Crippen LogP contribution in [-0.2, 0) is 6.18 Å². The second kappa shape index (κ2) is 8.42. The van der Waals surface area contributed by atoms with Gasteiger partial charge in [0.05, 0.1) is 16.7 Å². The lowest BCUT2D eigenvalue weighted by molar-refractivity contribution is -0.137. The predicted molar refractivity (Wildman–Crippen MR) is 108 cm³/mol. The number of carboxylic acid groups (broad SMARTS) is 1. The number of fused-ring (bicyclic) bond motifs is 1. The number of rotatable bonds is 4. The van der Waals surface area contributed by atoms with Crippen LogP contribution in [0.3, 0.4) is 0 Å². The number of aromatic carboxylic acids is 1. The highest BCUT2D eigenvalue weighted by Crippen LogP contribution is 2.39. The van der Waals surface area contributed by atoms with Crippen molar-refractivity contribution in [1.82, 2.24) is 0 Å². The number of benzene rings is 3. The summed E-state index contributed by atoms with van der Waals surface area (Å²) in [5.74, 6) is -2.43. The fourth-order valence-corrected chi connectivity index (χ4v) is 3.64. The first kappa shape index (κ1) is 23.5. The Bertz CT molecular complexity index is 1260. The first-order chi connectivity index (χ1) is 14.8. The Balaban J connectivity index is 2.20. The Hall–Kier alpha value is -3.14. The van der Waals surface area contributed by atoms with Gasteiger partial charge in [-0.25, -0.2) is 4.79 Å². The molecule has 166 valence electrons. The summed E-state index contributed by atoms with van der Waals surface area (Å²) in [5, 5.41) is 9.52. The van der Waals surface area contributed by atoms with E-state index in [2.05, 4.69) is 15.9 Å². The number of carbonyl (C=O) groups excluding carboxylic acids is 1. The molecule has 3 aromatic rings. The standard InChI is InChI=1S/C22H11BrF6O3/c23-13-8-11(7-12(9-13)21(24,25)26)18(22(27,28)29)10-19(30)16-5-6-17(20(31)32)15-4-2-1-3-14(15)16/h1-10H,(H,31,32)/b18-10+. The van der Waals surface area contributed by atoms with Gasteiger partial charge in [0, 0.05) is 10.0 Å². The lowest BCUT2D eigenvalue weighted by atomic mass is 9.94. The van der Waals surface area contributed by atoms with Gasteiger partial charge >= 0.3 is 18.3 Å². The minimum Gasteiger partial charge on any atom is -0.478 e. The molecule has 0 amide bonds. The van der Waals surface area contributed by atoms with Gasteiger partial charge in [0.2, 0.25) is 0 Å². The number of carbonyl (C=O) groups is 2. The molecule has 0 unspecified atom stereocenters. The quantitative estimate of drug-likeness (QED) is 0.227. The molecule has 0 aromatic heterocycles. The number of allylic oxidation sites excluding steroid dienone is 2. The topological polar surface area (TPSA) is 54.4 Å². The van der Waals surface area contributed by atoms with Crippen molar-refractivity contribution >= 4 is 44.0 Å². The van der Waals surface area contributed by atoms with Gasteiger partial charge < -0.3 is 5.11 Å². The number of halogens is 7. The fraction of sp³-hybridized carbons (Fsp3) is 0.0909. The molecule has 0 spiro atoms. The second-order valence-corrected chi connectivity index (χ2v) is 7.57. The zero-order chi connectivity index (χ0) is 23.8. The normalized spacial score (nSPS) is 12.8. The van der Waals surface area contributed by atoms with Crippen LogP contribution in [0, 0.1) is 0 Å². The van der Waals surface area contributed by atoms with Crippen molar-refractivity contribution in [3.05, 3.63) is 87.4 Å². The molecule has 0 bridgehead atoms. The van der Waals surface area contributed by atoms with Crippen LogP contribution in [0.25, 0.3) is 16.3 Å². The van der Waals surface area contributed by atoms with Crippen LogP contribution in [0.2, 0.25) is 0 Å². The first-order valence-corrected chi connectivity index (χ1v) is 9.55. The van der Waals surface area contributed by atoms with Gasteiger partial charge in [-0.2, -0.15) is 26.3 Å². The summed E-state index contributed by atoms with van der Waals surface area (Å²) in [6.45, 7) is 0. The molecule has 0 aliphatic heterocycles. The van der Waals surface area contributed by atoms with E-state index in [1.165, 1.54) is 24.3 Å². The Morgan fingerprint density at radius 2 is 1.41 bits per heavy atom. The molecule has 0 fully saturated rings. The maximum absolute atomic E-state index is 13.7. The van der Waals surface area contributed by atoms with Crippen LogP contribution in [0.5, 0.6) is 0 Å². The predicted octanol–water partition coefficient (Wildman–Crippen LogP) is 7.15.